The van der Waals surface area contributed by atoms with Crippen LogP contribution >= 0.6 is 0 Å². The fourth-order valence-corrected chi connectivity index (χ4v) is 2.46. The predicted molar refractivity (Wildman–Crippen MR) is 83.5 cm³/mol. The molecule has 3 N–H and O–H groups in total. The number of piperidine rings is 1. The maximum Gasteiger partial charge on any atom is 0.251 e. The van der Waals surface area contributed by atoms with Crippen molar-refractivity contribution in [3.63, 3.8) is 0 Å². The Morgan fingerprint density at radius 2 is 2.14 bits per heavy atom. The molecule has 114 valence electrons. The van der Waals surface area contributed by atoms with Crippen LogP contribution in [0.4, 0.5) is 5.69 Å². The molecular weight excluding hydrogens is 266 g/mol. The second-order valence-electron chi connectivity index (χ2n) is 5.38. The lowest BCUT2D eigenvalue weighted by molar-refractivity contribution is -0.118. The van der Waals surface area contributed by atoms with E-state index in [9.17, 15) is 9.59 Å². The van der Waals surface area contributed by atoms with Gasteiger partial charge in [-0.25, -0.2) is 0 Å². The zero-order valence-corrected chi connectivity index (χ0v) is 12.7. The molecule has 1 aromatic rings. The van der Waals surface area contributed by atoms with E-state index in [4.69, 9.17) is 0 Å². The van der Waals surface area contributed by atoms with E-state index >= 15 is 0 Å². The summed E-state index contributed by atoms with van der Waals surface area (Å²) in [6.07, 6.45) is 3.05. The van der Waals surface area contributed by atoms with Crippen LogP contribution < -0.4 is 16.0 Å². The van der Waals surface area contributed by atoms with Crippen LogP contribution in [-0.4, -0.2) is 30.9 Å². The number of hydrogen-bond donors (Lipinski definition) is 3. The molecule has 1 aliphatic rings. The van der Waals surface area contributed by atoms with Crippen molar-refractivity contribution in [3.05, 3.63) is 29.3 Å². The van der Waals surface area contributed by atoms with E-state index in [1.165, 1.54) is 0 Å². The summed E-state index contributed by atoms with van der Waals surface area (Å²) in [4.78, 5) is 24.1. The third kappa shape index (κ3) is 4.04. The summed E-state index contributed by atoms with van der Waals surface area (Å²) in [6.45, 7) is 5.27. The second kappa shape index (κ2) is 7.22. The van der Waals surface area contributed by atoms with E-state index in [1.807, 2.05) is 19.9 Å². The highest BCUT2D eigenvalue weighted by molar-refractivity contribution is 5.99. The van der Waals surface area contributed by atoms with Crippen LogP contribution in [-0.2, 0) is 4.79 Å². The fourth-order valence-electron chi connectivity index (χ4n) is 2.46. The van der Waals surface area contributed by atoms with Crippen LogP contribution in [0.1, 0.15) is 42.1 Å². The zero-order valence-electron chi connectivity index (χ0n) is 12.7. The molecule has 2 amide bonds. The molecule has 1 fully saturated rings. The van der Waals surface area contributed by atoms with Crippen molar-refractivity contribution >= 4 is 17.5 Å². The van der Waals surface area contributed by atoms with Crippen molar-refractivity contribution in [2.75, 3.05) is 18.4 Å². The van der Waals surface area contributed by atoms with E-state index in [1.54, 1.807) is 12.1 Å². The van der Waals surface area contributed by atoms with E-state index in [-0.39, 0.29) is 17.9 Å². The first-order chi connectivity index (χ1) is 10.1. The molecule has 1 aromatic carbocycles. The standard InChI is InChI=1S/C16H23N3O2/c1-3-17-15(20)12-8-7-11(2)14(10-12)19-16(21)13-6-4-5-9-18-13/h7-8,10,13,18H,3-6,9H2,1-2H3,(H,17,20)(H,19,21)/t13-/m1/s1. The van der Waals surface area contributed by atoms with E-state index in [2.05, 4.69) is 16.0 Å². The summed E-state index contributed by atoms with van der Waals surface area (Å²) in [7, 11) is 0. The lowest BCUT2D eigenvalue weighted by atomic mass is 10.0. The topological polar surface area (TPSA) is 70.2 Å². The molecular formula is C16H23N3O2. The van der Waals surface area contributed by atoms with Crippen LogP contribution in [0.5, 0.6) is 0 Å². The second-order valence-corrected chi connectivity index (χ2v) is 5.38. The van der Waals surface area contributed by atoms with Gasteiger partial charge in [0.2, 0.25) is 5.91 Å². The van der Waals surface area contributed by atoms with Crippen LogP contribution in [0.3, 0.4) is 0 Å². The molecule has 5 heteroatoms. The van der Waals surface area contributed by atoms with Gasteiger partial charge in [0.1, 0.15) is 0 Å². The highest BCUT2D eigenvalue weighted by atomic mass is 16.2. The van der Waals surface area contributed by atoms with Gasteiger partial charge in [-0.05, 0) is 50.9 Å². The minimum Gasteiger partial charge on any atom is -0.352 e. The Hall–Kier alpha value is -1.88. The average molecular weight is 289 g/mol. The molecule has 1 heterocycles. The van der Waals surface area contributed by atoms with E-state index in [0.717, 1.165) is 31.4 Å². The van der Waals surface area contributed by atoms with Gasteiger partial charge in [-0.2, -0.15) is 0 Å². The maximum absolute atomic E-state index is 12.3. The lowest BCUT2D eigenvalue weighted by Crippen LogP contribution is -2.43. The third-order valence-electron chi connectivity index (χ3n) is 3.72. The number of rotatable bonds is 4. The number of carbonyl (C=O) groups is 2. The number of carbonyl (C=O) groups excluding carboxylic acids is 2. The monoisotopic (exact) mass is 289 g/mol. The first-order valence-electron chi connectivity index (χ1n) is 7.55. The Morgan fingerprint density at radius 1 is 1.33 bits per heavy atom. The summed E-state index contributed by atoms with van der Waals surface area (Å²) in [5.41, 5.74) is 2.22. The molecule has 0 aliphatic carbocycles. The molecule has 2 rings (SSSR count). The summed E-state index contributed by atoms with van der Waals surface area (Å²) >= 11 is 0. The van der Waals surface area contributed by atoms with Crippen molar-refractivity contribution in [2.24, 2.45) is 0 Å². The highest BCUT2D eigenvalue weighted by Crippen LogP contribution is 2.18. The molecule has 0 unspecified atom stereocenters. The normalized spacial score (nSPS) is 18.1. The summed E-state index contributed by atoms with van der Waals surface area (Å²) < 4.78 is 0. The quantitative estimate of drug-likeness (QED) is 0.792. The van der Waals surface area contributed by atoms with Crippen LogP contribution in [0.25, 0.3) is 0 Å². The molecule has 0 spiro atoms. The number of benzene rings is 1. The minimum atomic E-state index is -0.133. The molecule has 0 aromatic heterocycles. The molecule has 0 saturated carbocycles. The summed E-state index contributed by atoms with van der Waals surface area (Å²) in [5, 5.41) is 8.92. The number of nitrogens with one attached hydrogen (secondary N) is 3. The van der Waals surface area contributed by atoms with Crippen LogP contribution in [0, 0.1) is 6.92 Å². The molecule has 1 atom stereocenters. The van der Waals surface area contributed by atoms with Crippen LogP contribution in [0.15, 0.2) is 18.2 Å². The summed E-state index contributed by atoms with van der Waals surface area (Å²) in [6, 6.07) is 5.23. The van der Waals surface area contributed by atoms with Crippen LogP contribution in [0.2, 0.25) is 0 Å². The number of aryl methyl sites for hydroxylation is 1. The average Bonchev–Trinajstić information content (AvgIpc) is 2.50. The molecule has 5 nitrogen and oxygen atoms in total. The molecule has 21 heavy (non-hydrogen) atoms. The highest BCUT2D eigenvalue weighted by Gasteiger charge is 2.21. The minimum absolute atomic E-state index is 0.0224. The first-order valence-corrected chi connectivity index (χ1v) is 7.55. The van der Waals surface area contributed by atoms with Gasteiger partial charge in [0.25, 0.3) is 5.91 Å². The Balaban J connectivity index is 2.09. The van der Waals surface area contributed by atoms with Gasteiger partial charge < -0.3 is 16.0 Å². The van der Waals surface area contributed by atoms with Gasteiger partial charge in [0, 0.05) is 17.8 Å². The number of hydrogen-bond acceptors (Lipinski definition) is 3. The zero-order chi connectivity index (χ0) is 15.2. The van der Waals surface area contributed by atoms with Crippen molar-refractivity contribution in [3.8, 4) is 0 Å². The summed E-state index contributed by atoms with van der Waals surface area (Å²) in [5.74, 6) is -0.144. The van der Waals surface area contributed by atoms with Crippen molar-refractivity contribution in [1.82, 2.24) is 10.6 Å². The van der Waals surface area contributed by atoms with Gasteiger partial charge in [-0.3, -0.25) is 9.59 Å². The molecule has 1 aliphatic heterocycles. The lowest BCUT2D eigenvalue weighted by Gasteiger charge is -2.23. The Labute approximate surface area is 125 Å². The number of anilines is 1. The van der Waals surface area contributed by atoms with Gasteiger partial charge in [-0.1, -0.05) is 12.5 Å². The van der Waals surface area contributed by atoms with Crippen molar-refractivity contribution in [1.29, 1.82) is 0 Å². The smallest absolute Gasteiger partial charge is 0.251 e. The van der Waals surface area contributed by atoms with Gasteiger partial charge in [-0.15, -0.1) is 0 Å². The molecule has 1 saturated heterocycles. The Bertz CT molecular complexity index is 522. The largest absolute Gasteiger partial charge is 0.352 e. The van der Waals surface area contributed by atoms with Crippen molar-refractivity contribution in [2.45, 2.75) is 39.2 Å². The Morgan fingerprint density at radius 3 is 2.81 bits per heavy atom. The van der Waals surface area contributed by atoms with E-state index < -0.39 is 0 Å². The van der Waals surface area contributed by atoms with Crippen molar-refractivity contribution < 1.29 is 9.59 Å². The molecule has 0 radical (unpaired) electrons. The van der Waals surface area contributed by atoms with E-state index in [0.29, 0.717) is 17.8 Å². The predicted octanol–water partition coefficient (Wildman–Crippen LogP) is 1.83. The first kappa shape index (κ1) is 15.5. The maximum atomic E-state index is 12.3. The van der Waals surface area contributed by atoms with Gasteiger partial charge in [0.15, 0.2) is 0 Å². The van der Waals surface area contributed by atoms with Gasteiger partial charge >= 0.3 is 0 Å². The fraction of sp³-hybridized carbons (Fsp3) is 0.500. The SMILES string of the molecule is CCNC(=O)c1ccc(C)c(NC(=O)[C@H]2CCCCN2)c1. The van der Waals surface area contributed by atoms with Gasteiger partial charge in [0.05, 0.1) is 6.04 Å². The molecule has 0 bridgehead atoms. The third-order valence-corrected chi connectivity index (χ3v) is 3.72. The number of amides is 2. The Kier molecular flexibility index (Phi) is 5.33.